The number of benzene rings is 1. The molecule has 1 aromatic rings. The van der Waals surface area contributed by atoms with Crippen molar-refractivity contribution < 1.29 is 29.5 Å². The second kappa shape index (κ2) is 9.40. The summed E-state index contributed by atoms with van der Waals surface area (Å²) in [7, 11) is 0. The minimum atomic E-state index is -1.42. The molecule has 0 bridgehead atoms. The van der Waals surface area contributed by atoms with Gasteiger partial charge in [-0.2, -0.15) is 5.26 Å². The third kappa shape index (κ3) is 4.60. The predicted molar refractivity (Wildman–Crippen MR) is 101 cm³/mol. The van der Waals surface area contributed by atoms with Crippen LogP contribution in [-0.2, 0) is 9.47 Å². The third-order valence-electron chi connectivity index (χ3n) is 5.32. The van der Waals surface area contributed by atoms with Crippen LogP contribution in [0.25, 0.3) is 0 Å². The maximum Gasteiger partial charge on any atom is 0.138 e. The number of ether oxygens (including phenoxy) is 3. The van der Waals surface area contributed by atoms with Crippen LogP contribution in [-0.4, -0.2) is 58.6 Å². The Morgan fingerprint density at radius 2 is 1.93 bits per heavy atom. The van der Waals surface area contributed by atoms with Gasteiger partial charge in [0.15, 0.2) is 0 Å². The zero-order valence-corrected chi connectivity index (χ0v) is 16.5. The topological polar surface area (TPSA) is 112 Å². The number of aliphatic hydroxyl groups excluding tert-OH is 3. The van der Waals surface area contributed by atoms with E-state index >= 15 is 0 Å². The van der Waals surface area contributed by atoms with E-state index in [0.29, 0.717) is 22.9 Å². The van der Waals surface area contributed by atoms with Crippen molar-refractivity contribution in [3.8, 4) is 11.8 Å². The number of hydrogen-bond acceptors (Lipinski definition) is 7. The van der Waals surface area contributed by atoms with Gasteiger partial charge in [0.1, 0.15) is 36.3 Å². The van der Waals surface area contributed by atoms with Crippen LogP contribution in [0.15, 0.2) is 18.2 Å². The fourth-order valence-corrected chi connectivity index (χ4v) is 4.01. The van der Waals surface area contributed by atoms with E-state index in [1.807, 2.05) is 13.0 Å². The summed E-state index contributed by atoms with van der Waals surface area (Å²) in [6.07, 6.45) is -3.24. The molecular weight excluding hydrogens is 386 g/mol. The second-order valence-corrected chi connectivity index (χ2v) is 7.66. The summed E-state index contributed by atoms with van der Waals surface area (Å²) in [5, 5.41) is 39.9. The van der Waals surface area contributed by atoms with E-state index in [1.165, 1.54) is 0 Å². The van der Waals surface area contributed by atoms with Crippen molar-refractivity contribution in [1.82, 2.24) is 0 Å². The maximum absolute atomic E-state index is 10.4. The normalized spacial score (nSPS) is 35.5. The maximum atomic E-state index is 10.4. The van der Waals surface area contributed by atoms with Crippen molar-refractivity contribution in [1.29, 1.82) is 5.26 Å². The smallest absolute Gasteiger partial charge is 0.138 e. The van der Waals surface area contributed by atoms with Gasteiger partial charge in [0.25, 0.3) is 0 Å². The molecule has 1 heterocycles. The average Bonchev–Trinajstić information content (AvgIpc) is 3.11. The lowest BCUT2D eigenvalue weighted by atomic mass is 9.90. The molecule has 154 valence electrons. The molecule has 1 saturated heterocycles. The van der Waals surface area contributed by atoms with Crippen LogP contribution in [0.3, 0.4) is 0 Å². The number of nitrogens with zero attached hydrogens (tertiary/aromatic N) is 1. The fraction of sp³-hybridized carbons (Fsp3) is 0.650. The number of rotatable bonds is 6. The van der Waals surface area contributed by atoms with Crippen molar-refractivity contribution >= 4 is 11.6 Å². The van der Waals surface area contributed by atoms with E-state index in [4.69, 9.17) is 31.1 Å². The van der Waals surface area contributed by atoms with Crippen LogP contribution in [0, 0.1) is 11.3 Å². The standard InChI is InChI=1S/C20H26ClNO6/c1-2-26-12-4-5-13(10-12)27-16-9-11(3-6-14(16)21)20-19(25)18(24)17(23)15(28-20)7-8-22/h3,6,9,12-13,15,17-20,23-25H,2,4-5,7,10H2,1H3/t12?,13?,15-,17-,18+,19-,20+/m1/s1. The van der Waals surface area contributed by atoms with Crippen LogP contribution in [0.1, 0.15) is 44.3 Å². The molecule has 7 nitrogen and oxygen atoms in total. The number of aliphatic hydroxyl groups is 3. The van der Waals surface area contributed by atoms with Crippen molar-refractivity contribution in [2.24, 2.45) is 0 Å². The molecule has 1 aromatic carbocycles. The van der Waals surface area contributed by atoms with Crippen molar-refractivity contribution in [2.75, 3.05) is 6.61 Å². The Bertz CT molecular complexity index is 710. The Morgan fingerprint density at radius 3 is 2.64 bits per heavy atom. The summed E-state index contributed by atoms with van der Waals surface area (Å²) in [6.45, 7) is 2.64. The van der Waals surface area contributed by atoms with Gasteiger partial charge in [-0.25, -0.2) is 0 Å². The first-order valence-corrected chi connectivity index (χ1v) is 9.96. The lowest BCUT2D eigenvalue weighted by Crippen LogP contribution is -2.53. The predicted octanol–water partition coefficient (Wildman–Crippen LogP) is 2.11. The highest BCUT2D eigenvalue weighted by atomic mass is 35.5. The number of halogens is 1. The summed E-state index contributed by atoms with van der Waals surface area (Å²) >= 11 is 6.29. The van der Waals surface area contributed by atoms with E-state index in [9.17, 15) is 15.3 Å². The molecule has 0 spiro atoms. The molecule has 2 unspecified atom stereocenters. The summed E-state index contributed by atoms with van der Waals surface area (Å²) in [5.41, 5.74) is 0.556. The van der Waals surface area contributed by atoms with Gasteiger partial charge >= 0.3 is 0 Å². The van der Waals surface area contributed by atoms with Crippen molar-refractivity contribution in [2.45, 2.75) is 75.3 Å². The molecule has 2 fully saturated rings. The number of hydrogen-bond donors (Lipinski definition) is 3. The zero-order valence-electron chi connectivity index (χ0n) is 15.7. The minimum absolute atomic E-state index is 0.0137. The van der Waals surface area contributed by atoms with Gasteiger partial charge < -0.3 is 29.5 Å². The Balaban J connectivity index is 1.76. The zero-order chi connectivity index (χ0) is 20.3. The van der Waals surface area contributed by atoms with Crippen LogP contribution in [0.2, 0.25) is 5.02 Å². The van der Waals surface area contributed by atoms with E-state index in [2.05, 4.69) is 0 Å². The van der Waals surface area contributed by atoms with Crippen molar-refractivity contribution in [3.63, 3.8) is 0 Å². The van der Waals surface area contributed by atoms with E-state index in [0.717, 1.165) is 19.3 Å². The minimum Gasteiger partial charge on any atom is -0.489 e. The first kappa shape index (κ1) is 21.3. The van der Waals surface area contributed by atoms with Gasteiger partial charge in [-0.3, -0.25) is 0 Å². The largest absolute Gasteiger partial charge is 0.489 e. The Labute approximate surface area is 169 Å². The average molecular weight is 412 g/mol. The Morgan fingerprint density at radius 1 is 1.18 bits per heavy atom. The molecule has 1 saturated carbocycles. The molecule has 1 aliphatic heterocycles. The molecule has 3 N–H and O–H groups in total. The summed E-state index contributed by atoms with van der Waals surface area (Å²) in [4.78, 5) is 0. The lowest BCUT2D eigenvalue weighted by Gasteiger charge is -2.40. The fourth-order valence-electron chi connectivity index (χ4n) is 3.85. The van der Waals surface area contributed by atoms with Crippen LogP contribution < -0.4 is 4.74 Å². The van der Waals surface area contributed by atoms with E-state index in [1.54, 1.807) is 18.2 Å². The van der Waals surface area contributed by atoms with Gasteiger partial charge in [0.05, 0.1) is 29.7 Å². The van der Waals surface area contributed by atoms with Crippen LogP contribution >= 0.6 is 11.6 Å². The molecule has 28 heavy (non-hydrogen) atoms. The molecule has 3 rings (SSSR count). The Hall–Kier alpha value is -1.40. The highest BCUT2D eigenvalue weighted by Gasteiger charge is 2.44. The first-order valence-electron chi connectivity index (χ1n) is 9.58. The summed E-state index contributed by atoms with van der Waals surface area (Å²) < 4.78 is 17.4. The quantitative estimate of drug-likeness (QED) is 0.657. The summed E-state index contributed by atoms with van der Waals surface area (Å²) in [5.74, 6) is 0.467. The third-order valence-corrected chi connectivity index (χ3v) is 5.63. The molecule has 8 heteroatoms. The van der Waals surface area contributed by atoms with Crippen LogP contribution in [0.5, 0.6) is 5.75 Å². The second-order valence-electron chi connectivity index (χ2n) is 7.25. The van der Waals surface area contributed by atoms with Gasteiger partial charge in [0.2, 0.25) is 0 Å². The molecule has 0 radical (unpaired) electrons. The number of nitriles is 1. The molecule has 0 amide bonds. The highest BCUT2D eigenvalue weighted by molar-refractivity contribution is 6.32. The molecule has 0 aromatic heterocycles. The van der Waals surface area contributed by atoms with Gasteiger partial charge in [-0.1, -0.05) is 17.7 Å². The van der Waals surface area contributed by atoms with Gasteiger partial charge in [-0.15, -0.1) is 0 Å². The molecule has 7 atom stereocenters. The van der Waals surface area contributed by atoms with Gasteiger partial charge in [-0.05, 0) is 37.5 Å². The van der Waals surface area contributed by atoms with E-state index < -0.39 is 30.5 Å². The molecule has 1 aliphatic carbocycles. The van der Waals surface area contributed by atoms with Crippen LogP contribution in [0.4, 0.5) is 0 Å². The van der Waals surface area contributed by atoms with E-state index in [-0.39, 0.29) is 18.6 Å². The lowest BCUT2D eigenvalue weighted by molar-refractivity contribution is -0.223. The molecule has 2 aliphatic rings. The summed E-state index contributed by atoms with van der Waals surface area (Å²) in [6, 6.07) is 6.92. The monoisotopic (exact) mass is 411 g/mol. The Kier molecular flexibility index (Phi) is 7.15. The SMILES string of the molecule is CCOC1CCC(Oc2cc([C@@H]3O[C@H](CC#N)[C@@H](O)[C@H](O)[C@H]3O)ccc2Cl)C1. The highest BCUT2D eigenvalue weighted by Crippen LogP contribution is 2.38. The van der Waals surface area contributed by atoms with Crippen molar-refractivity contribution in [3.05, 3.63) is 28.8 Å². The first-order chi connectivity index (χ1) is 13.4. The molecular formula is C20H26ClNO6. The van der Waals surface area contributed by atoms with Gasteiger partial charge in [0, 0.05) is 13.0 Å².